The molecule has 1 aromatic rings. The molecule has 0 unspecified atom stereocenters. The molecule has 0 aliphatic heterocycles. The average Bonchev–Trinajstić information content (AvgIpc) is 2.60. The minimum absolute atomic E-state index is 0.0796. The molecule has 1 heterocycles. The number of rotatable bonds is 5. The van der Waals surface area contributed by atoms with Gasteiger partial charge in [0.15, 0.2) is 0 Å². The summed E-state index contributed by atoms with van der Waals surface area (Å²) >= 11 is 0. The van der Waals surface area contributed by atoms with Gasteiger partial charge in [-0.3, -0.25) is 4.68 Å². The Balaban J connectivity index is 2.35. The van der Waals surface area contributed by atoms with Crippen molar-refractivity contribution in [2.45, 2.75) is 65.8 Å². The molecule has 104 valence electrons. The molecular formula is C14H27N3O. The average molecular weight is 253 g/mol. The first-order valence-corrected chi connectivity index (χ1v) is 6.56. The van der Waals surface area contributed by atoms with E-state index in [-0.39, 0.29) is 11.1 Å². The zero-order valence-electron chi connectivity index (χ0n) is 12.6. The molecule has 0 aromatic carbocycles. The van der Waals surface area contributed by atoms with Gasteiger partial charge in [-0.05, 0) is 41.5 Å². The van der Waals surface area contributed by atoms with Crippen LogP contribution in [-0.4, -0.2) is 27.5 Å². The van der Waals surface area contributed by atoms with Crippen LogP contribution in [0.1, 0.15) is 47.1 Å². The second kappa shape index (κ2) is 5.85. The molecule has 0 saturated heterocycles. The van der Waals surface area contributed by atoms with E-state index in [1.54, 1.807) is 0 Å². The third kappa shape index (κ3) is 6.77. The van der Waals surface area contributed by atoms with E-state index >= 15 is 0 Å². The van der Waals surface area contributed by atoms with Gasteiger partial charge in [-0.1, -0.05) is 0 Å². The van der Waals surface area contributed by atoms with Crippen LogP contribution in [0.2, 0.25) is 0 Å². The van der Waals surface area contributed by atoms with Crippen molar-refractivity contribution in [2.24, 2.45) is 0 Å². The highest BCUT2D eigenvalue weighted by Gasteiger charge is 2.11. The van der Waals surface area contributed by atoms with Gasteiger partial charge in [0, 0.05) is 23.8 Å². The van der Waals surface area contributed by atoms with Gasteiger partial charge in [-0.25, -0.2) is 0 Å². The van der Waals surface area contributed by atoms with E-state index in [0.717, 1.165) is 13.1 Å². The van der Waals surface area contributed by atoms with E-state index in [1.807, 2.05) is 10.9 Å². The van der Waals surface area contributed by atoms with Crippen LogP contribution < -0.4 is 5.32 Å². The molecule has 1 N–H and O–H groups in total. The molecule has 0 spiro atoms. The van der Waals surface area contributed by atoms with E-state index in [2.05, 4.69) is 58.2 Å². The molecule has 4 heteroatoms. The van der Waals surface area contributed by atoms with Crippen molar-refractivity contribution in [1.29, 1.82) is 0 Å². The Kier molecular flexibility index (Phi) is 4.93. The molecule has 0 saturated carbocycles. The molecule has 0 bridgehead atoms. The van der Waals surface area contributed by atoms with Gasteiger partial charge in [0.05, 0.1) is 24.9 Å². The molecule has 0 amide bonds. The topological polar surface area (TPSA) is 39.1 Å². The maximum Gasteiger partial charge on any atom is 0.0669 e. The SMILES string of the molecule is CC(C)(C)NCc1cnn(CCOC(C)(C)C)c1. The Morgan fingerprint density at radius 2 is 1.89 bits per heavy atom. The lowest BCUT2D eigenvalue weighted by atomic mass is 10.1. The van der Waals surface area contributed by atoms with Gasteiger partial charge >= 0.3 is 0 Å². The minimum atomic E-state index is -0.0796. The van der Waals surface area contributed by atoms with Crippen LogP contribution in [-0.2, 0) is 17.8 Å². The lowest BCUT2D eigenvalue weighted by Gasteiger charge is -2.20. The van der Waals surface area contributed by atoms with Crippen LogP contribution in [0.5, 0.6) is 0 Å². The normalized spacial score (nSPS) is 13.0. The first-order valence-electron chi connectivity index (χ1n) is 6.56. The summed E-state index contributed by atoms with van der Waals surface area (Å²) in [5.41, 5.74) is 1.27. The summed E-state index contributed by atoms with van der Waals surface area (Å²) in [6.07, 6.45) is 3.99. The number of hydrogen-bond acceptors (Lipinski definition) is 3. The number of hydrogen-bond donors (Lipinski definition) is 1. The maximum absolute atomic E-state index is 5.68. The molecule has 0 aliphatic carbocycles. The lowest BCUT2D eigenvalue weighted by Crippen LogP contribution is -2.34. The quantitative estimate of drug-likeness (QED) is 0.876. The van der Waals surface area contributed by atoms with Crippen molar-refractivity contribution in [3.63, 3.8) is 0 Å². The summed E-state index contributed by atoms with van der Waals surface area (Å²) in [6.45, 7) is 15.0. The monoisotopic (exact) mass is 253 g/mol. The summed E-state index contributed by atoms with van der Waals surface area (Å²) in [4.78, 5) is 0. The van der Waals surface area contributed by atoms with Crippen LogP contribution >= 0.6 is 0 Å². The van der Waals surface area contributed by atoms with Crippen LogP contribution in [0.3, 0.4) is 0 Å². The predicted molar refractivity (Wildman–Crippen MR) is 74.5 cm³/mol. The summed E-state index contributed by atoms with van der Waals surface area (Å²) in [7, 11) is 0. The number of ether oxygens (including phenoxy) is 1. The first kappa shape index (κ1) is 15.2. The highest BCUT2D eigenvalue weighted by Crippen LogP contribution is 2.07. The molecule has 1 rings (SSSR count). The zero-order valence-corrected chi connectivity index (χ0v) is 12.6. The van der Waals surface area contributed by atoms with Crippen molar-refractivity contribution in [3.8, 4) is 0 Å². The molecule has 0 radical (unpaired) electrons. The van der Waals surface area contributed by atoms with Crippen LogP contribution in [0.25, 0.3) is 0 Å². The number of nitrogens with one attached hydrogen (secondary N) is 1. The maximum atomic E-state index is 5.68. The molecular weight excluding hydrogens is 226 g/mol. The van der Waals surface area contributed by atoms with E-state index in [4.69, 9.17) is 4.74 Å². The Labute approximate surface area is 111 Å². The van der Waals surface area contributed by atoms with E-state index in [9.17, 15) is 0 Å². The Bertz CT molecular complexity index is 358. The first-order chi connectivity index (χ1) is 8.16. The molecule has 0 fully saturated rings. The van der Waals surface area contributed by atoms with Gasteiger partial charge in [-0.15, -0.1) is 0 Å². The molecule has 0 atom stereocenters. The standard InChI is InChI=1S/C14H27N3O/c1-13(2,3)15-9-12-10-16-17(11-12)7-8-18-14(4,5)6/h10-11,15H,7-9H2,1-6H3. The Morgan fingerprint density at radius 1 is 1.22 bits per heavy atom. The Hall–Kier alpha value is -0.870. The fraction of sp³-hybridized carbons (Fsp3) is 0.786. The summed E-state index contributed by atoms with van der Waals surface area (Å²) in [6, 6.07) is 0. The van der Waals surface area contributed by atoms with E-state index in [0.29, 0.717) is 6.61 Å². The second-order valence-corrected chi connectivity index (χ2v) is 6.68. The van der Waals surface area contributed by atoms with Crippen LogP contribution in [0, 0.1) is 0 Å². The van der Waals surface area contributed by atoms with Crippen molar-refractivity contribution in [2.75, 3.05) is 6.61 Å². The van der Waals surface area contributed by atoms with Crippen molar-refractivity contribution < 1.29 is 4.74 Å². The summed E-state index contributed by atoms with van der Waals surface area (Å²) < 4.78 is 7.62. The molecule has 0 aliphatic rings. The van der Waals surface area contributed by atoms with Gasteiger partial charge in [0.2, 0.25) is 0 Å². The van der Waals surface area contributed by atoms with Gasteiger partial charge < -0.3 is 10.1 Å². The number of aromatic nitrogens is 2. The molecule has 18 heavy (non-hydrogen) atoms. The zero-order chi connectivity index (χ0) is 13.8. The minimum Gasteiger partial charge on any atom is -0.374 e. The fourth-order valence-electron chi connectivity index (χ4n) is 1.43. The second-order valence-electron chi connectivity index (χ2n) is 6.68. The van der Waals surface area contributed by atoms with E-state index < -0.39 is 0 Å². The largest absolute Gasteiger partial charge is 0.374 e. The highest BCUT2D eigenvalue weighted by molar-refractivity contribution is 5.03. The Morgan fingerprint density at radius 3 is 2.44 bits per heavy atom. The van der Waals surface area contributed by atoms with Crippen molar-refractivity contribution in [3.05, 3.63) is 18.0 Å². The smallest absolute Gasteiger partial charge is 0.0669 e. The molecule has 1 aromatic heterocycles. The van der Waals surface area contributed by atoms with Crippen molar-refractivity contribution >= 4 is 0 Å². The molecule has 4 nitrogen and oxygen atoms in total. The van der Waals surface area contributed by atoms with Crippen molar-refractivity contribution in [1.82, 2.24) is 15.1 Å². The third-order valence-corrected chi connectivity index (χ3v) is 2.37. The van der Waals surface area contributed by atoms with Crippen LogP contribution in [0.15, 0.2) is 12.4 Å². The van der Waals surface area contributed by atoms with Gasteiger partial charge in [-0.2, -0.15) is 5.10 Å². The highest BCUT2D eigenvalue weighted by atomic mass is 16.5. The predicted octanol–water partition coefficient (Wildman–Crippen LogP) is 2.59. The third-order valence-electron chi connectivity index (χ3n) is 2.37. The van der Waals surface area contributed by atoms with Gasteiger partial charge in [0.25, 0.3) is 0 Å². The van der Waals surface area contributed by atoms with Crippen LogP contribution in [0.4, 0.5) is 0 Å². The summed E-state index contributed by atoms with van der Waals surface area (Å²) in [5.74, 6) is 0. The lowest BCUT2D eigenvalue weighted by molar-refractivity contribution is -0.00790. The van der Waals surface area contributed by atoms with E-state index in [1.165, 1.54) is 5.56 Å². The number of nitrogens with zero attached hydrogens (tertiary/aromatic N) is 2. The fourth-order valence-corrected chi connectivity index (χ4v) is 1.43. The van der Waals surface area contributed by atoms with Gasteiger partial charge in [0.1, 0.15) is 0 Å². The summed E-state index contributed by atoms with van der Waals surface area (Å²) in [5, 5.41) is 7.78.